The van der Waals surface area contributed by atoms with E-state index in [0.717, 1.165) is 30.4 Å². The van der Waals surface area contributed by atoms with Crippen LogP contribution in [-0.4, -0.2) is 60.8 Å². The molecule has 7 nitrogen and oxygen atoms in total. The van der Waals surface area contributed by atoms with E-state index in [1.165, 1.54) is 0 Å². The number of nitrogens with one attached hydrogen (secondary N) is 2. The first-order chi connectivity index (χ1) is 15.4. The van der Waals surface area contributed by atoms with Gasteiger partial charge in [-0.25, -0.2) is 0 Å². The largest absolute Gasteiger partial charge is 0.351 e. The number of fused-ring (bicyclic) bond motifs is 3. The fourth-order valence-electron chi connectivity index (χ4n) is 4.05. The first-order valence-electron chi connectivity index (χ1n) is 10.9. The van der Waals surface area contributed by atoms with Gasteiger partial charge in [0.1, 0.15) is 5.69 Å². The Hall–Kier alpha value is -3.45. The molecular formula is C25H28N4O3. The van der Waals surface area contributed by atoms with Crippen LogP contribution in [0.1, 0.15) is 43.2 Å². The first-order valence-corrected chi connectivity index (χ1v) is 10.9. The maximum absolute atomic E-state index is 13.1. The molecule has 2 amide bonds. The number of likely N-dealkylation sites (N-methyl/N-ethyl adjacent to an activating group) is 1. The van der Waals surface area contributed by atoms with Gasteiger partial charge in [-0.05, 0) is 44.3 Å². The van der Waals surface area contributed by atoms with Crippen molar-refractivity contribution in [3.63, 3.8) is 0 Å². The van der Waals surface area contributed by atoms with Crippen molar-refractivity contribution in [2.24, 2.45) is 0 Å². The monoisotopic (exact) mass is 432 g/mol. The summed E-state index contributed by atoms with van der Waals surface area (Å²) < 4.78 is 1.99. The summed E-state index contributed by atoms with van der Waals surface area (Å²) in [6, 6.07) is 14.6. The second-order valence-corrected chi connectivity index (χ2v) is 8.38. The molecule has 0 unspecified atom stereocenters. The second-order valence-electron chi connectivity index (χ2n) is 8.38. The molecule has 2 N–H and O–H groups in total. The molecular weight excluding hydrogens is 404 g/mol. The minimum atomic E-state index is -0.173. The van der Waals surface area contributed by atoms with Crippen molar-refractivity contribution in [1.82, 2.24) is 20.1 Å². The molecule has 4 rings (SSSR count). The average Bonchev–Trinajstić information content (AvgIpc) is 3.04. The number of Topliss-reactive ketones (excluding diaryl/α,β-unsaturated/α-hetero) is 1. The number of aryl methyl sites for hydroxylation is 1. The van der Waals surface area contributed by atoms with Crippen LogP contribution in [0, 0.1) is 0 Å². The third-order valence-corrected chi connectivity index (χ3v) is 5.76. The molecule has 0 bridgehead atoms. The van der Waals surface area contributed by atoms with Gasteiger partial charge in [0.15, 0.2) is 5.78 Å². The van der Waals surface area contributed by atoms with Crippen molar-refractivity contribution < 1.29 is 14.4 Å². The molecule has 0 fully saturated rings. The zero-order valence-corrected chi connectivity index (χ0v) is 18.5. The Balaban J connectivity index is 1.56. The quantitative estimate of drug-likeness (QED) is 0.562. The number of hydrogen-bond acceptors (Lipinski definition) is 4. The van der Waals surface area contributed by atoms with Gasteiger partial charge in [-0.15, -0.1) is 0 Å². The minimum absolute atomic E-state index is 0.0611. The fourth-order valence-corrected chi connectivity index (χ4v) is 4.05. The first kappa shape index (κ1) is 21.8. The molecule has 2 heterocycles. The van der Waals surface area contributed by atoms with Crippen LogP contribution in [0.15, 0.2) is 48.5 Å². The smallest absolute Gasteiger partial charge is 0.267 e. The molecule has 0 aliphatic carbocycles. The average molecular weight is 433 g/mol. The van der Waals surface area contributed by atoms with Gasteiger partial charge in [-0.1, -0.05) is 30.3 Å². The lowest BCUT2D eigenvalue weighted by atomic mass is 9.98. The summed E-state index contributed by atoms with van der Waals surface area (Å²) in [5, 5.41) is 6.76. The van der Waals surface area contributed by atoms with Crippen molar-refractivity contribution in [3.8, 4) is 0 Å². The van der Waals surface area contributed by atoms with Crippen molar-refractivity contribution in [3.05, 3.63) is 70.9 Å². The van der Waals surface area contributed by atoms with Gasteiger partial charge in [0.05, 0.1) is 0 Å². The predicted octanol–water partition coefficient (Wildman–Crippen LogP) is 2.49. The van der Waals surface area contributed by atoms with Crippen LogP contribution >= 0.6 is 0 Å². The summed E-state index contributed by atoms with van der Waals surface area (Å²) in [5.41, 5.74) is 3.31. The van der Waals surface area contributed by atoms with E-state index < -0.39 is 0 Å². The Morgan fingerprint density at radius 3 is 2.75 bits per heavy atom. The van der Waals surface area contributed by atoms with E-state index in [9.17, 15) is 14.4 Å². The second kappa shape index (κ2) is 9.36. The molecule has 0 saturated heterocycles. The highest BCUT2D eigenvalue weighted by Crippen LogP contribution is 2.24. The number of benzene rings is 2. The van der Waals surface area contributed by atoms with Crippen LogP contribution in [0.3, 0.4) is 0 Å². The van der Waals surface area contributed by atoms with Crippen molar-refractivity contribution in [2.75, 3.05) is 33.7 Å². The van der Waals surface area contributed by atoms with Gasteiger partial charge in [0.2, 0.25) is 0 Å². The van der Waals surface area contributed by atoms with E-state index >= 15 is 0 Å². The maximum Gasteiger partial charge on any atom is 0.267 e. The van der Waals surface area contributed by atoms with Crippen LogP contribution < -0.4 is 10.6 Å². The SMILES string of the molecule is CN(C)CCNC(=O)c1ccccc1CC(=O)c1ccc2cc3n(c2c1)CCCNC3=O. The van der Waals surface area contributed by atoms with Crippen LogP contribution in [0.4, 0.5) is 0 Å². The number of carbonyl (C=O) groups excluding carboxylic acids is 3. The van der Waals surface area contributed by atoms with E-state index in [1.807, 2.05) is 60.0 Å². The van der Waals surface area contributed by atoms with Crippen molar-refractivity contribution in [2.45, 2.75) is 19.4 Å². The molecule has 1 aliphatic heterocycles. The van der Waals surface area contributed by atoms with Crippen molar-refractivity contribution in [1.29, 1.82) is 0 Å². The van der Waals surface area contributed by atoms with Crippen LogP contribution in [0.5, 0.6) is 0 Å². The summed E-state index contributed by atoms with van der Waals surface area (Å²) in [4.78, 5) is 40.1. The highest BCUT2D eigenvalue weighted by Gasteiger charge is 2.20. The number of hydrogen-bond donors (Lipinski definition) is 2. The molecule has 1 aliphatic rings. The normalized spacial score (nSPS) is 13.5. The third-order valence-electron chi connectivity index (χ3n) is 5.76. The molecule has 3 aromatic rings. The van der Waals surface area contributed by atoms with E-state index in [-0.39, 0.29) is 24.0 Å². The topological polar surface area (TPSA) is 83.4 Å². The van der Waals surface area contributed by atoms with Gasteiger partial charge in [0.25, 0.3) is 11.8 Å². The zero-order chi connectivity index (χ0) is 22.7. The molecule has 1 aromatic heterocycles. The molecule has 2 aromatic carbocycles. The molecule has 166 valence electrons. The van der Waals surface area contributed by atoms with E-state index in [1.54, 1.807) is 12.1 Å². The van der Waals surface area contributed by atoms with Gasteiger partial charge in [-0.3, -0.25) is 14.4 Å². The van der Waals surface area contributed by atoms with Gasteiger partial charge in [0, 0.05) is 54.6 Å². The summed E-state index contributed by atoms with van der Waals surface area (Å²) >= 11 is 0. The van der Waals surface area contributed by atoms with E-state index in [0.29, 0.717) is 35.5 Å². The van der Waals surface area contributed by atoms with Gasteiger partial charge >= 0.3 is 0 Å². The highest BCUT2D eigenvalue weighted by atomic mass is 16.2. The highest BCUT2D eigenvalue weighted by molar-refractivity contribution is 6.04. The summed E-state index contributed by atoms with van der Waals surface area (Å²) in [6.45, 7) is 2.66. The number of carbonyl (C=O) groups is 3. The van der Waals surface area contributed by atoms with Crippen LogP contribution in [0.2, 0.25) is 0 Å². The molecule has 0 atom stereocenters. The van der Waals surface area contributed by atoms with E-state index in [2.05, 4.69) is 10.6 Å². The number of amides is 2. The fraction of sp³-hybridized carbons (Fsp3) is 0.320. The Bertz CT molecular complexity index is 1180. The number of aromatic nitrogens is 1. The third kappa shape index (κ3) is 4.57. The summed E-state index contributed by atoms with van der Waals surface area (Å²) in [6.07, 6.45) is 0.980. The lowest BCUT2D eigenvalue weighted by Gasteiger charge is -2.12. The van der Waals surface area contributed by atoms with Crippen LogP contribution in [0.25, 0.3) is 10.9 Å². The standard InChI is InChI=1S/C25H28N4O3/c1-28(2)13-11-27-24(31)20-7-4-3-6-17(20)16-23(30)19-9-8-18-14-22-25(32)26-10-5-12-29(22)21(18)15-19/h3-4,6-9,14-15H,5,10-13,16H2,1-2H3,(H,26,32)(H,27,31). The van der Waals surface area contributed by atoms with Gasteiger partial charge in [-0.2, -0.15) is 0 Å². The predicted molar refractivity (Wildman–Crippen MR) is 124 cm³/mol. The summed E-state index contributed by atoms with van der Waals surface area (Å²) in [7, 11) is 3.90. The number of rotatable bonds is 7. The minimum Gasteiger partial charge on any atom is -0.351 e. The number of nitrogens with zero attached hydrogens (tertiary/aromatic N) is 2. The maximum atomic E-state index is 13.1. The van der Waals surface area contributed by atoms with Gasteiger partial charge < -0.3 is 20.1 Å². The van der Waals surface area contributed by atoms with Crippen LogP contribution in [-0.2, 0) is 13.0 Å². The Morgan fingerprint density at radius 2 is 1.94 bits per heavy atom. The lowest BCUT2D eigenvalue weighted by molar-refractivity contribution is 0.0941. The van der Waals surface area contributed by atoms with Crippen molar-refractivity contribution >= 4 is 28.5 Å². The Kier molecular flexibility index (Phi) is 6.37. The summed E-state index contributed by atoms with van der Waals surface area (Å²) in [5.74, 6) is -0.316. The lowest BCUT2D eigenvalue weighted by Crippen LogP contribution is -2.32. The molecule has 0 saturated carbocycles. The Morgan fingerprint density at radius 1 is 1.12 bits per heavy atom. The zero-order valence-electron chi connectivity index (χ0n) is 18.5. The molecule has 0 spiro atoms. The number of ketones is 1. The Labute approximate surface area is 187 Å². The molecule has 32 heavy (non-hydrogen) atoms. The molecule has 0 radical (unpaired) electrons. The molecule has 7 heteroatoms. The van der Waals surface area contributed by atoms with E-state index in [4.69, 9.17) is 0 Å².